The van der Waals surface area contributed by atoms with E-state index in [-0.39, 0.29) is 18.6 Å². The molecule has 0 aliphatic rings. The average Bonchev–Trinajstić information content (AvgIpc) is 2.04. The molecule has 0 amide bonds. The summed E-state index contributed by atoms with van der Waals surface area (Å²) in [6.45, 7) is 1.31. The summed E-state index contributed by atoms with van der Waals surface area (Å²) >= 11 is 0. The fourth-order valence-corrected chi connectivity index (χ4v) is 0.864. The predicted octanol–water partition coefficient (Wildman–Crippen LogP) is 0.344. The Labute approximate surface area is 70.9 Å². The van der Waals surface area contributed by atoms with Gasteiger partial charge in [-0.25, -0.2) is 0 Å². The van der Waals surface area contributed by atoms with E-state index in [2.05, 4.69) is 4.74 Å². The highest BCUT2D eigenvalue weighted by atomic mass is 16.5. The molecule has 0 saturated heterocycles. The van der Waals surface area contributed by atoms with E-state index in [1.165, 1.54) is 14.0 Å². The summed E-state index contributed by atoms with van der Waals surface area (Å²) in [7, 11) is 1.22. The van der Waals surface area contributed by atoms with Crippen LogP contribution in [0, 0.1) is 5.92 Å². The van der Waals surface area contributed by atoms with Crippen LogP contribution >= 0.6 is 0 Å². The number of Topliss-reactive ketones (excluding diaryl/α,β-unsaturated/α-hetero) is 1. The van der Waals surface area contributed by atoms with E-state index < -0.39 is 11.9 Å². The van der Waals surface area contributed by atoms with E-state index in [9.17, 15) is 14.4 Å². The molecule has 68 valence electrons. The first kappa shape index (κ1) is 10.8. The zero-order valence-electron chi connectivity index (χ0n) is 7.20. The number of methoxy groups -OCH3 is 1. The minimum Gasteiger partial charge on any atom is -0.468 e. The number of carbonyl (C=O) groups is 3. The smallest absolute Gasteiger partial charge is 0.316 e. The molecule has 0 N–H and O–H groups in total. The van der Waals surface area contributed by atoms with E-state index in [1.54, 1.807) is 0 Å². The molecule has 0 aliphatic heterocycles. The van der Waals surface area contributed by atoms with Crippen LogP contribution in [0.5, 0.6) is 0 Å². The van der Waals surface area contributed by atoms with Crippen LogP contribution in [0.15, 0.2) is 0 Å². The minimum absolute atomic E-state index is 0.208. The molecule has 0 aromatic carbocycles. The molecular formula is C8H12O4. The molecule has 0 saturated carbocycles. The number of esters is 1. The number of ether oxygens (including phenoxy) is 1. The second kappa shape index (κ2) is 5.46. The molecule has 0 fully saturated rings. The van der Waals surface area contributed by atoms with Crippen molar-refractivity contribution in [3.8, 4) is 0 Å². The van der Waals surface area contributed by atoms with Gasteiger partial charge in [-0.05, 0) is 13.3 Å². The molecule has 0 aliphatic carbocycles. The molecule has 0 radical (unpaired) electrons. The quantitative estimate of drug-likeness (QED) is 0.341. The van der Waals surface area contributed by atoms with Gasteiger partial charge in [0.15, 0.2) is 0 Å². The Morgan fingerprint density at radius 2 is 2.08 bits per heavy atom. The van der Waals surface area contributed by atoms with Crippen LogP contribution in [0.2, 0.25) is 0 Å². The van der Waals surface area contributed by atoms with E-state index in [0.717, 1.165) is 0 Å². The molecule has 4 nitrogen and oxygen atoms in total. The summed E-state index contributed by atoms with van der Waals surface area (Å²) in [5, 5.41) is 0. The lowest BCUT2D eigenvalue weighted by molar-refractivity contribution is -0.149. The van der Waals surface area contributed by atoms with Gasteiger partial charge in [0, 0.05) is 6.42 Å². The Hall–Kier alpha value is -1.19. The number of hydrogen-bond donors (Lipinski definition) is 0. The van der Waals surface area contributed by atoms with Gasteiger partial charge in [-0.2, -0.15) is 0 Å². The number of carbonyl (C=O) groups excluding carboxylic acids is 3. The van der Waals surface area contributed by atoms with E-state index in [4.69, 9.17) is 0 Å². The van der Waals surface area contributed by atoms with Crippen molar-refractivity contribution < 1.29 is 19.1 Å². The number of rotatable bonds is 5. The van der Waals surface area contributed by atoms with Crippen molar-refractivity contribution in [2.75, 3.05) is 7.11 Å². The van der Waals surface area contributed by atoms with Crippen molar-refractivity contribution in [3.05, 3.63) is 0 Å². The third kappa shape index (κ3) is 3.27. The summed E-state index contributed by atoms with van der Waals surface area (Å²) in [5.74, 6) is -1.60. The van der Waals surface area contributed by atoms with Crippen LogP contribution in [-0.4, -0.2) is 25.1 Å². The maximum absolute atomic E-state index is 10.9. The molecule has 1 atom stereocenters. The Kier molecular flexibility index (Phi) is 4.92. The summed E-state index contributed by atoms with van der Waals surface area (Å²) < 4.78 is 4.40. The van der Waals surface area contributed by atoms with Crippen molar-refractivity contribution in [3.63, 3.8) is 0 Å². The zero-order valence-corrected chi connectivity index (χ0v) is 7.20. The summed E-state index contributed by atoms with van der Waals surface area (Å²) in [5.41, 5.74) is 0. The van der Waals surface area contributed by atoms with Gasteiger partial charge in [0.05, 0.1) is 7.11 Å². The van der Waals surface area contributed by atoms with Crippen LogP contribution in [0.25, 0.3) is 0 Å². The molecular weight excluding hydrogens is 160 g/mol. The van der Waals surface area contributed by atoms with Crippen molar-refractivity contribution >= 4 is 18.0 Å². The zero-order chi connectivity index (χ0) is 9.56. The van der Waals surface area contributed by atoms with Gasteiger partial charge in [-0.15, -0.1) is 0 Å². The van der Waals surface area contributed by atoms with Gasteiger partial charge in [-0.3, -0.25) is 9.59 Å². The fourth-order valence-electron chi connectivity index (χ4n) is 0.864. The average molecular weight is 172 g/mol. The predicted molar refractivity (Wildman–Crippen MR) is 41.5 cm³/mol. The molecule has 0 aromatic heterocycles. The van der Waals surface area contributed by atoms with Crippen LogP contribution in [0.4, 0.5) is 0 Å². The highest BCUT2D eigenvalue weighted by Crippen LogP contribution is 2.08. The monoisotopic (exact) mass is 172 g/mol. The van der Waals surface area contributed by atoms with Crippen LogP contribution in [0.1, 0.15) is 19.8 Å². The largest absolute Gasteiger partial charge is 0.468 e. The summed E-state index contributed by atoms with van der Waals surface area (Å²) in [6, 6.07) is 0. The van der Waals surface area contributed by atoms with Crippen LogP contribution in [0.3, 0.4) is 0 Å². The van der Waals surface area contributed by atoms with Crippen LogP contribution < -0.4 is 0 Å². The first-order valence-corrected chi connectivity index (χ1v) is 3.65. The van der Waals surface area contributed by atoms with Gasteiger partial charge in [0.1, 0.15) is 18.0 Å². The Bertz CT molecular complexity index is 185. The third-order valence-corrected chi connectivity index (χ3v) is 1.55. The molecule has 0 aromatic rings. The van der Waals surface area contributed by atoms with E-state index in [0.29, 0.717) is 6.29 Å². The van der Waals surface area contributed by atoms with Crippen molar-refractivity contribution in [2.24, 2.45) is 5.92 Å². The maximum Gasteiger partial charge on any atom is 0.316 e. The van der Waals surface area contributed by atoms with E-state index >= 15 is 0 Å². The second-order valence-corrected chi connectivity index (χ2v) is 2.43. The van der Waals surface area contributed by atoms with Crippen molar-refractivity contribution in [2.45, 2.75) is 19.8 Å². The number of ketones is 1. The van der Waals surface area contributed by atoms with Gasteiger partial charge >= 0.3 is 5.97 Å². The van der Waals surface area contributed by atoms with Gasteiger partial charge in [-0.1, -0.05) is 0 Å². The van der Waals surface area contributed by atoms with Crippen LogP contribution in [-0.2, 0) is 19.1 Å². The SMILES string of the molecule is COC(=O)[C@H](CCC=O)C(C)=O. The summed E-state index contributed by atoms with van der Waals surface area (Å²) in [4.78, 5) is 31.7. The van der Waals surface area contributed by atoms with Gasteiger partial charge in [0.2, 0.25) is 0 Å². The molecule has 0 bridgehead atoms. The number of aldehydes is 1. The normalized spacial score (nSPS) is 11.8. The lowest BCUT2D eigenvalue weighted by Crippen LogP contribution is -2.23. The molecule has 12 heavy (non-hydrogen) atoms. The fraction of sp³-hybridized carbons (Fsp3) is 0.625. The van der Waals surface area contributed by atoms with Crippen molar-refractivity contribution in [1.29, 1.82) is 0 Å². The maximum atomic E-state index is 10.9. The lowest BCUT2D eigenvalue weighted by Gasteiger charge is -2.08. The van der Waals surface area contributed by atoms with Gasteiger partial charge < -0.3 is 9.53 Å². The first-order chi connectivity index (χ1) is 5.63. The highest BCUT2D eigenvalue weighted by molar-refractivity contribution is 5.97. The third-order valence-electron chi connectivity index (χ3n) is 1.55. The first-order valence-electron chi connectivity index (χ1n) is 3.65. The minimum atomic E-state index is -0.778. The Balaban J connectivity index is 4.12. The molecule has 0 rings (SSSR count). The number of hydrogen-bond acceptors (Lipinski definition) is 4. The van der Waals surface area contributed by atoms with Crippen molar-refractivity contribution in [1.82, 2.24) is 0 Å². The molecule has 4 heteroatoms. The Morgan fingerprint density at radius 3 is 2.42 bits per heavy atom. The van der Waals surface area contributed by atoms with Gasteiger partial charge in [0.25, 0.3) is 0 Å². The molecule has 0 spiro atoms. The Morgan fingerprint density at radius 1 is 1.50 bits per heavy atom. The molecule has 0 heterocycles. The second-order valence-electron chi connectivity index (χ2n) is 2.43. The standard InChI is InChI=1S/C8H12O4/c1-6(10)7(4-3-5-9)8(11)12-2/h5,7H,3-4H2,1-2H3/t7-/m1/s1. The molecule has 0 unspecified atom stereocenters. The summed E-state index contributed by atoms with van der Waals surface area (Å²) in [6.07, 6.45) is 1.13. The lowest BCUT2D eigenvalue weighted by atomic mass is 10.00. The topological polar surface area (TPSA) is 60.4 Å². The highest BCUT2D eigenvalue weighted by Gasteiger charge is 2.22. The van der Waals surface area contributed by atoms with E-state index in [1.807, 2.05) is 0 Å².